The summed E-state index contributed by atoms with van der Waals surface area (Å²) < 4.78 is 10.3. The van der Waals surface area contributed by atoms with Crippen LogP contribution in [0.1, 0.15) is 0 Å². The Morgan fingerprint density at radius 3 is 2.29 bits per heavy atom. The van der Waals surface area contributed by atoms with Crippen molar-refractivity contribution in [2.45, 2.75) is 0 Å². The van der Waals surface area contributed by atoms with Crippen molar-refractivity contribution >= 4 is 11.8 Å². The van der Waals surface area contributed by atoms with Crippen molar-refractivity contribution in [3.8, 4) is 11.8 Å². The molecule has 9 nitrogen and oxygen atoms in total. The van der Waals surface area contributed by atoms with Crippen LogP contribution in [0.5, 0.6) is 11.8 Å². The molecule has 1 aliphatic heterocycles. The topological polar surface area (TPSA) is 109 Å². The van der Waals surface area contributed by atoms with E-state index in [1.807, 2.05) is 4.90 Å². The van der Waals surface area contributed by atoms with Gasteiger partial charge < -0.3 is 25.3 Å². The molecule has 1 saturated heterocycles. The Morgan fingerprint density at radius 1 is 1.24 bits per heavy atom. The van der Waals surface area contributed by atoms with Crippen LogP contribution in [0.15, 0.2) is 11.2 Å². The number of aromatic nitrogens is 2. The van der Waals surface area contributed by atoms with Crippen molar-refractivity contribution in [3.05, 3.63) is 6.07 Å². The minimum atomic E-state index is 0.211. The molecule has 0 unspecified atom stereocenters. The molecule has 3 N–H and O–H groups in total. The molecule has 1 aromatic heterocycles. The summed E-state index contributed by atoms with van der Waals surface area (Å²) in [5.74, 6) is 1.73. The first-order valence-corrected chi connectivity index (χ1v) is 6.57. The summed E-state index contributed by atoms with van der Waals surface area (Å²) >= 11 is 0. The Labute approximate surface area is 123 Å². The zero-order valence-electron chi connectivity index (χ0n) is 12.2. The SMILES string of the molecule is COc1cc(OC)nc(N2CCN(C/C(N)=N/O)CC2)n1. The van der Waals surface area contributed by atoms with E-state index in [9.17, 15) is 0 Å². The number of nitrogens with two attached hydrogens (primary N) is 1. The maximum atomic E-state index is 8.59. The van der Waals surface area contributed by atoms with E-state index in [2.05, 4.69) is 20.0 Å². The highest BCUT2D eigenvalue weighted by atomic mass is 16.5. The monoisotopic (exact) mass is 296 g/mol. The fourth-order valence-electron chi connectivity index (χ4n) is 2.11. The lowest BCUT2D eigenvalue weighted by Gasteiger charge is -2.34. The summed E-state index contributed by atoms with van der Waals surface area (Å²) in [4.78, 5) is 12.8. The van der Waals surface area contributed by atoms with Crippen LogP contribution in [-0.4, -0.2) is 72.9 Å². The van der Waals surface area contributed by atoms with Gasteiger partial charge in [0.25, 0.3) is 0 Å². The number of hydrogen-bond acceptors (Lipinski definition) is 8. The molecule has 1 aromatic rings. The van der Waals surface area contributed by atoms with Crippen LogP contribution < -0.4 is 20.1 Å². The van der Waals surface area contributed by atoms with Gasteiger partial charge in [-0.05, 0) is 0 Å². The first-order chi connectivity index (χ1) is 10.2. The molecule has 2 rings (SSSR count). The number of piperazine rings is 1. The van der Waals surface area contributed by atoms with Crippen LogP contribution in [0.4, 0.5) is 5.95 Å². The predicted octanol–water partition coefficient (Wildman–Crippen LogP) is -0.638. The van der Waals surface area contributed by atoms with Gasteiger partial charge in [0.05, 0.1) is 26.8 Å². The van der Waals surface area contributed by atoms with E-state index in [1.54, 1.807) is 20.3 Å². The van der Waals surface area contributed by atoms with Crippen LogP contribution in [0.25, 0.3) is 0 Å². The summed E-state index contributed by atoms with van der Waals surface area (Å²) in [6.45, 7) is 3.49. The van der Waals surface area contributed by atoms with E-state index in [-0.39, 0.29) is 5.84 Å². The number of rotatable bonds is 5. The first-order valence-electron chi connectivity index (χ1n) is 6.57. The number of amidine groups is 1. The molecule has 0 spiro atoms. The Hall–Kier alpha value is -2.29. The molecule has 1 fully saturated rings. The molecule has 21 heavy (non-hydrogen) atoms. The number of oxime groups is 1. The van der Waals surface area contributed by atoms with Gasteiger partial charge in [-0.15, -0.1) is 0 Å². The average Bonchev–Trinajstić information content (AvgIpc) is 2.54. The van der Waals surface area contributed by atoms with E-state index in [0.717, 1.165) is 26.2 Å². The Kier molecular flexibility index (Phi) is 4.99. The fourth-order valence-corrected chi connectivity index (χ4v) is 2.11. The summed E-state index contributed by atoms with van der Waals surface area (Å²) in [5.41, 5.74) is 5.51. The molecule has 0 aromatic carbocycles. The Balaban J connectivity index is 2.01. The standard InChI is InChI=1S/C12H20N6O3/c1-20-10-7-11(21-2)15-12(14-10)18-5-3-17(4-6-18)8-9(13)16-19/h7,19H,3-6,8H2,1-2H3,(H2,13,16). The third-order valence-electron chi connectivity index (χ3n) is 3.25. The zero-order valence-corrected chi connectivity index (χ0v) is 12.2. The minimum absolute atomic E-state index is 0.211. The van der Waals surface area contributed by atoms with Crippen LogP contribution in [0, 0.1) is 0 Å². The van der Waals surface area contributed by atoms with Gasteiger partial charge in [0, 0.05) is 26.2 Å². The molecular weight excluding hydrogens is 276 g/mol. The number of nitrogens with zero attached hydrogens (tertiary/aromatic N) is 5. The Bertz CT molecular complexity index is 480. The molecule has 9 heteroatoms. The van der Waals surface area contributed by atoms with Gasteiger partial charge in [0.2, 0.25) is 17.7 Å². The Morgan fingerprint density at radius 2 is 1.81 bits per heavy atom. The smallest absolute Gasteiger partial charge is 0.232 e. The minimum Gasteiger partial charge on any atom is -0.481 e. The third-order valence-corrected chi connectivity index (χ3v) is 3.25. The predicted molar refractivity (Wildman–Crippen MR) is 77.2 cm³/mol. The molecule has 0 saturated carbocycles. The van der Waals surface area contributed by atoms with Crippen LogP contribution >= 0.6 is 0 Å². The second-order valence-corrected chi connectivity index (χ2v) is 4.61. The van der Waals surface area contributed by atoms with Gasteiger partial charge in [0.1, 0.15) is 0 Å². The molecular formula is C12H20N6O3. The summed E-state index contributed by atoms with van der Waals surface area (Å²) in [7, 11) is 3.11. The molecule has 0 aliphatic carbocycles. The molecule has 116 valence electrons. The van der Waals surface area contributed by atoms with Crippen LogP contribution in [0.3, 0.4) is 0 Å². The van der Waals surface area contributed by atoms with Gasteiger partial charge >= 0.3 is 0 Å². The summed E-state index contributed by atoms with van der Waals surface area (Å²) in [6, 6.07) is 1.64. The van der Waals surface area contributed by atoms with Crippen molar-refractivity contribution in [2.75, 3.05) is 51.8 Å². The normalized spacial score (nSPS) is 16.9. The van der Waals surface area contributed by atoms with E-state index in [4.69, 9.17) is 20.4 Å². The molecule has 1 aliphatic rings. The lowest BCUT2D eigenvalue weighted by atomic mass is 10.3. The molecule has 2 heterocycles. The van der Waals surface area contributed by atoms with Crippen molar-refractivity contribution in [1.29, 1.82) is 0 Å². The number of ether oxygens (including phenoxy) is 2. The number of methoxy groups -OCH3 is 2. The van der Waals surface area contributed by atoms with Gasteiger partial charge in [-0.3, -0.25) is 4.90 Å². The van der Waals surface area contributed by atoms with Gasteiger partial charge in [0.15, 0.2) is 5.84 Å². The van der Waals surface area contributed by atoms with Gasteiger partial charge in [-0.25, -0.2) is 0 Å². The molecule has 0 bridgehead atoms. The highest BCUT2D eigenvalue weighted by molar-refractivity contribution is 5.81. The van der Waals surface area contributed by atoms with E-state index in [0.29, 0.717) is 24.3 Å². The highest BCUT2D eigenvalue weighted by Crippen LogP contribution is 2.20. The highest BCUT2D eigenvalue weighted by Gasteiger charge is 2.21. The number of anilines is 1. The molecule has 0 amide bonds. The third kappa shape index (κ3) is 3.85. The number of hydrogen-bond donors (Lipinski definition) is 2. The second kappa shape index (κ2) is 6.93. The van der Waals surface area contributed by atoms with Crippen molar-refractivity contribution in [2.24, 2.45) is 10.9 Å². The van der Waals surface area contributed by atoms with E-state index < -0.39 is 0 Å². The van der Waals surface area contributed by atoms with Crippen LogP contribution in [0.2, 0.25) is 0 Å². The van der Waals surface area contributed by atoms with Gasteiger partial charge in [-0.1, -0.05) is 5.16 Å². The van der Waals surface area contributed by atoms with Crippen LogP contribution in [-0.2, 0) is 0 Å². The van der Waals surface area contributed by atoms with E-state index in [1.165, 1.54) is 0 Å². The van der Waals surface area contributed by atoms with Crippen molar-refractivity contribution < 1.29 is 14.7 Å². The van der Waals surface area contributed by atoms with Gasteiger partial charge in [-0.2, -0.15) is 9.97 Å². The molecule has 0 radical (unpaired) electrons. The average molecular weight is 296 g/mol. The second-order valence-electron chi connectivity index (χ2n) is 4.61. The zero-order chi connectivity index (χ0) is 15.2. The lowest BCUT2D eigenvalue weighted by molar-refractivity contribution is 0.277. The van der Waals surface area contributed by atoms with E-state index >= 15 is 0 Å². The molecule has 0 atom stereocenters. The first kappa shape index (κ1) is 15.1. The largest absolute Gasteiger partial charge is 0.481 e. The maximum Gasteiger partial charge on any atom is 0.232 e. The fraction of sp³-hybridized carbons (Fsp3) is 0.583. The van der Waals surface area contributed by atoms with Crippen molar-refractivity contribution in [3.63, 3.8) is 0 Å². The lowest BCUT2D eigenvalue weighted by Crippen LogP contribution is -2.49. The maximum absolute atomic E-state index is 8.59. The van der Waals surface area contributed by atoms with Crippen molar-refractivity contribution in [1.82, 2.24) is 14.9 Å². The quantitative estimate of drug-likeness (QED) is 0.320. The summed E-state index contributed by atoms with van der Waals surface area (Å²) in [6.07, 6.45) is 0. The summed E-state index contributed by atoms with van der Waals surface area (Å²) in [5, 5.41) is 11.6.